The number of rotatable bonds is 2. The Bertz CT molecular complexity index is 119. The molecule has 0 radical (unpaired) electrons. The zero-order valence-electron chi connectivity index (χ0n) is 5.96. The van der Waals surface area contributed by atoms with Gasteiger partial charge in [-0.05, 0) is 0 Å². The second-order valence-corrected chi connectivity index (χ2v) is 1.63. The molecule has 0 aliphatic heterocycles. The summed E-state index contributed by atoms with van der Waals surface area (Å²) in [4.78, 5) is 7.69. The molecule has 9 heavy (non-hydrogen) atoms. The van der Waals surface area contributed by atoms with Crippen molar-refractivity contribution in [1.29, 1.82) is 0 Å². The number of guanidine groups is 1. The molecular formula is C5H12BN3. The first-order valence-corrected chi connectivity index (χ1v) is 3.09. The fourth-order valence-corrected chi connectivity index (χ4v) is 0.399. The molecule has 0 atom stereocenters. The zero-order valence-corrected chi connectivity index (χ0v) is 5.96. The Morgan fingerprint density at radius 2 is 2.33 bits per heavy atom. The van der Waals surface area contributed by atoms with Crippen LogP contribution in [-0.4, -0.2) is 19.6 Å². The van der Waals surface area contributed by atoms with Crippen LogP contribution in [0.25, 0.3) is 0 Å². The second-order valence-electron chi connectivity index (χ2n) is 1.63. The molecule has 0 aliphatic rings. The van der Waals surface area contributed by atoms with E-state index >= 15 is 0 Å². The molecule has 50 valence electrons. The van der Waals surface area contributed by atoms with Gasteiger partial charge in [0.2, 0.25) is 0 Å². The van der Waals surface area contributed by atoms with E-state index in [-0.39, 0.29) is 0 Å². The molecule has 3 nitrogen and oxygen atoms in total. The summed E-state index contributed by atoms with van der Waals surface area (Å²) in [5.41, 5.74) is 5.32. The molecule has 0 saturated heterocycles. The third kappa shape index (κ3) is 5.20. The van der Waals surface area contributed by atoms with Gasteiger partial charge in [0.05, 0.1) is 0 Å². The summed E-state index contributed by atoms with van der Waals surface area (Å²) in [7, 11) is 1.63. The Balaban J connectivity index is 3.55. The standard InChI is InChI=1S/C5H12BN3/c1-3-4-8-5(7)9-6-2/h3-4H2,1-2H3,(H2,7,8). The molecule has 0 bridgehead atoms. The molecule has 0 amide bonds. The number of hydrogen-bond donors (Lipinski definition) is 1. The molecule has 0 spiro atoms. The predicted molar refractivity (Wildman–Crippen MR) is 40.8 cm³/mol. The van der Waals surface area contributed by atoms with Gasteiger partial charge in [-0.2, -0.15) is 0 Å². The van der Waals surface area contributed by atoms with Gasteiger partial charge in [-0.3, -0.25) is 0 Å². The van der Waals surface area contributed by atoms with Gasteiger partial charge in [0.1, 0.15) is 0 Å². The molecule has 0 heterocycles. The van der Waals surface area contributed by atoms with Crippen LogP contribution in [0, 0.1) is 0 Å². The summed E-state index contributed by atoms with van der Waals surface area (Å²) in [6, 6.07) is 0. The molecule has 2 N–H and O–H groups in total. The molecule has 0 unspecified atom stereocenters. The van der Waals surface area contributed by atoms with Crippen LogP contribution in [0.3, 0.4) is 0 Å². The Morgan fingerprint density at radius 1 is 1.67 bits per heavy atom. The van der Waals surface area contributed by atoms with Crippen LogP contribution in [0.2, 0.25) is 6.82 Å². The molecule has 0 aromatic rings. The third-order valence-corrected chi connectivity index (χ3v) is 0.759. The van der Waals surface area contributed by atoms with Crippen molar-refractivity contribution in [3.63, 3.8) is 0 Å². The molecular weight excluding hydrogens is 113 g/mol. The Hall–Kier alpha value is -0.665. The second kappa shape index (κ2) is 5.47. The van der Waals surface area contributed by atoms with Gasteiger partial charge < -0.3 is 0 Å². The summed E-state index contributed by atoms with van der Waals surface area (Å²) in [6.07, 6.45) is 1.01. The van der Waals surface area contributed by atoms with Crippen molar-refractivity contribution in [2.45, 2.75) is 20.2 Å². The van der Waals surface area contributed by atoms with E-state index in [2.05, 4.69) is 9.89 Å². The van der Waals surface area contributed by atoms with Crippen LogP contribution in [0.15, 0.2) is 9.89 Å². The third-order valence-electron chi connectivity index (χ3n) is 0.759. The van der Waals surface area contributed by atoms with Crippen LogP contribution < -0.4 is 5.73 Å². The van der Waals surface area contributed by atoms with Crippen LogP contribution >= 0.6 is 0 Å². The number of aliphatic imine (C=N–C) groups is 1. The SMILES string of the molecule is CB=NC(N)=NCCC. The van der Waals surface area contributed by atoms with Gasteiger partial charge >= 0.3 is 55.4 Å². The summed E-state index contributed by atoms with van der Waals surface area (Å²) in [5.74, 6) is 0.374. The van der Waals surface area contributed by atoms with Crippen molar-refractivity contribution >= 4 is 13.0 Å². The average molecular weight is 125 g/mol. The van der Waals surface area contributed by atoms with Crippen molar-refractivity contribution in [2.75, 3.05) is 6.54 Å². The summed E-state index contributed by atoms with van der Waals surface area (Å²) in [6.45, 7) is 4.63. The molecule has 0 rings (SSSR count). The van der Waals surface area contributed by atoms with Crippen LogP contribution in [0.5, 0.6) is 0 Å². The van der Waals surface area contributed by atoms with Crippen molar-refractivity contribution in [2.24, 2.45) is 15.6 Å². The van der Waals surface area contributed by atoms with E-state index in [4.69, 9.17) is 5.73 Å². The molecule has 4 heteroatoms. The normalized spacial score (nSPS) is 12.0. The molecule has 0 saturated carbocycles. The maximum atomic E-state index is 5.32. The minimum absolute atomic E-state index is 0.374. The quantitative estimate of drug-likeness (QED) is 0.328. The van der Waals surface area contributed by atoms with Gasteiger partial charge in [0, 0.05) is 0 Å². The van der Waals surface area contributed by atoms with Gasteiger partial charge in [-0.15, -0.1) is 0 Å². The maximum absolute atomic E-state index is 5.32. The predicted octanol–water partition coefficient (Wildman–Crippen LogP) is 0.647. The Labute approximate surface area is 56.3 Å². The van der Waals surface area contributed by atoms with E-state index < -0.39 is 0 Å². The van der Waals surface area contributed by atoms with Crippen LogP contribution in [0.1, 0.15) is 13.3 Å². The van der Waals surface area contributed by atoms with Crippen molar-refractivity contribution in [1.82, 2.24) is 0 Å². The molecule has 0 fully saturated rings. The summed E-state index contributed by atoms with van der Waals surface area (Å²) < 4.78 is 0. The van der Waals surface area contributed by atoms with Crippen LogP contribution in [0.4, 0.5) is 0 Å². The van der Waals surface area contributed by atoms with E-state index in [1.165, 1.54) is 0 Å². The Morgan fingerprint density at radius 3 is 2.78 bits per heavy atom. The van der Waals surface area contributed by atoms with E-state index in [1.807, 2.05) is 13.7 Å². The number of nitrogens with zero attached hydrogens (tertiary/aromatic N) is 2. The molecule has 0 aromatic heterocycles. The van der Waals surface area contributed by atoms with Crippen molar-refractivity contribution in [3.8, 4) is 0 Å². The average Bonchev–Trinajstić information content (AvgIpc) is 1.85. The first kappa shape index (κ1) is 8.33. The fraction of sp³-hybridized carbons (Fsp3) is 0.800. The molecule has 0 aliphatic carbocycles. The Kier molecular flexibility index (Phi) is 5.07. The first-order valence-electron chi connectivity index (χ1n) is 3.09. The van der Waals surface area contributed by atoms with E-state index in [0.29, 0.717) is 5.96 Å². The summed E-state index contributed by atoms with van der Waals surface area (Å²) >= 11 is 0. The first-order chi connectivity index (χ1) is 4.31. The van der Waals surface area contributed by atoms with Gasteiger partial charge in [-0.25, -0.2) is 0 Å². The van der Waals surface area contributed by atoms with Gasteiger partial charge in [0.15, 0.2) is 0 Å². The van der Waals surface area contributed by atoms with Crippen LogP contribution in [-0.2, 0) is 0 Å². The van der Waals surface area contributed by atoms with Crippen molar-refractivity contribution < 1.29 is 0 Å². The van der Waals surface area contributed by atoms with Gasteiger partial charge in [0.25, 0.3) is 0 Å². The number of nitrogens with two attached hydrogens (primary N) is 1. The zero-order chi connectivity index (χ0) is 7.11. The minimum atomic E-state index is 0.374. The molecule has 0 aromatic carbocycles. The monoisotopic (exact) mass is 125 g/mol. The topological polar surface area (TPSA) is 50.7 Å². The summed E-state index contributed by atoms with van der Waals surface area (Å²) in [5, 5.41) is 0. The fourth-order valence-electron chi connectivity index (χ4n) is 0.399. The number of hydrogen-bond acceptors (Lipinski definition) is 1. The van der Waals surface area contributed by atoms with Crippen molar-refractivity contribution in [3.05, 3.63) is 0 Å². The van der Waals surface area contributed by atoms with E-state index in [1.54, 1.807) is 7.07 Å². The van der Waals surface area contributed by atoms with Gasteiger partial charge in [-0.1, -0.05) is 0 Å². The van der Waals surface area contributed by atoms with E-state index in [9.17, 15) is 0 Å². The van der Waals surface area contributed by atoms with E-state index in [0.717, 1.165) is 13.0 Å².